The van der Waals surface area contributed by atoms with E-state index in [0.29, 0.717) is 51.1 Å². The third-order valence-electron chi connectivity index (χ3n) is 9.52. The Kier molecular flexibility index (Phi) is 10.5. The van der Waals surface area contributed by atoms with E-state index in [9.17, 15) is 24.3 Å². The van der Waals surface area contributed by atoms with E-state index in [1.54, 1.807) is 51.2 Å². The molecule has 0 spiro atoms. The van der Waals surface area contributed by atoms with Gasteiger partial charge in [-0.15, -0.1) is 0 Å². The van der Waals surface area contributed by atoms with Gasteiger partial charge in [0, 0.05) is 67.8 Å². The molecular formula is C39H44N8O5. The van der Waals surface area contributed by atoms with Crippen LogP contribution < -0.4 is 10.6 Å². The maximum atomic E-state index is 14.0. The molecule has 1 unspecified atom stereocenters. The van der Waals surface area contributed by atoms with Crippen LogP contribution in [0.3, 0.4) is 0 Å². The molecule has 6 rings (SSSR count). The van der Waals surface area contributed by atoms with Gasteiger partial charge in [-0.1, -0.05) is 30.3 Å². The van der Waals surface area contributed by atoms with Gasteiger partial charge in [0.05, 0.1) is 17.1 Å². The number of hydrogen-bond donors (Lipinski definition) is 3. The second-order valence-electron chi connectivity index (χ2n) is 14.2. The predicted molar refractivity (Wildman–Crippen MR) is 198 cm³/mol. The van der Waals surface area contributed by atoms with Crippen LogP contribution in [0.4, 0.5) is 15.3 Å². The van der Waals surface area contributed by atoms with Crippen molar-refractivity contribution >= 4 is 46.2 Å². The Morgan fingerprint density at radius 2 is 1.75 bits per heavy atom. The molecule has 2 aromatic heterocycles. The quantitative estimate of drug-likeness (QED) is 0.172. The van der Waals surface area contributed by atoms with E-state index >= 15 is 0 Å². The molecule has 3 N–H and O–H groups in total. The Balaban J connectivity index is 1.14. The lowest BCUT2D eigenvalue weighted by Crippen LogP contribution is -2.55. The number of rotatable bonds is 10. The second kappa shape index (κ2) is 15.2. The highest BCUT2D eigenvalue weighted by Crippen LogP contribution is 2.34. The minimum Gasteiger partial charge on any atom is -0.465 e. The molecule has 0 fully saturated rings. The first-order valence-electron chi connectivity index (χ1n) is 17.5. The van der Waals surface area contributed by atoms with E-state index in [-0.39, 0.29) is 17.8 Å². The fourth-order valence-electron chi connectivity index (χ4n) is 6.91. The standard InChI is InChI=1S/C39H44N8O5/c1-25(47(38(51)52)39(2,3)4)35(48)42-17-5-6-20-46-36(49)32(30-9-7-11-33-31(30)10-8-18-41-33)21-34(44-46)26-12-14-29(15-13-26)43-37(50)45-23-27-16-19-40-22-28(27)24-45/h7-16,18-19,22,25,32H,5-6,17,20-21,23-24H2,1-4H3,(H,42,48)(H,43,50)(H,51,52)/t25-,32?/m0/s1. The van der Waals surface area contributed by atoms with Crippen LogP contribution in [-0.4, -0.2) is 84.2 Å². The molecule has 270 valence electrons. The lowest BCUT2D eigenvalue weighted by molar-refractivity contribution is -0.133. The zero-order chi connectivity index (χ0) is 37.0. The van der Waals surface area contributed by atoms with Crippen molar-refractivity contribution in [2.75, 3.05) is 18.4 Å². The van der Waals surface area contributed by atoms with Crippen LogP contribution in [-0.2, 0) is 22.7 Å². The predicted octanol–water partition coefficient (Wildman–Crippen LogP) is 5.96. The van der Waals surface area contributed by atoms with Gasteiger partial charge in [0.1, 0.15) is 6.04 Å². The van der Waals surface area contributed by atoms with Crippen LogP contribution in [0.2, 0.25) is 0 Å². The number of unbranched alkanes of at least 4 members (excludes halogenated alkanes) is 1. The lowest BCUT2D eigenvalue weighted by Gasteiger charge is -2.37. The van der Waals surface area contributed by atoms with Crippen molar-refractivity contribution in [2.45, 2.75) is 77.5 Å². The molecule has 0 saturated heterocycles. The summed E-state index contributed by atoms with van der Waals surface area (Å²) in [4.78, 5) is 63.3. The molecule has 0 aliphatic carbocycles. The molecule has 2 atom stereocenters. The Hall–Kier alpha value is -5.85. The maximum absolute atomic E-state index is 14.0. The maximum Gasteiger partial charge on any atom is 0.408 e. The molecule has 0 bridgehead atoms. The minimum atomic E-state index is -1.16. The van der Waals surface area contributed by atoms with E-state index < -0.39 is 23.6 Å². The summed E-state index contributed by atoms with van der Waals surface area (Å²) >= 11 is 0. The number of pyridine rings is 2. The van der Waals surface area contributed by atoms with Gasteiger partial charge < -0.3 is 20.6 Å². The summed E-state index contributed by atoms with van der Waals surface area (Å²) in [5, 5.41) is 22.7. The van der Waals surface area contributed by atoms with Crippen molar-refractivity contribution in [3.8, 4) is 0 Å². The minimum absolute atomic E-state index is 0.120. The summed E-state index contributed by atoms with van der Waals surface area (Å²) in [6.07, 6.45) is 5.61. The summed E-state index contributed by atoms with van der Waals surface area (Å²) in [6, 6.07) is 18.0. The van der Waals surface area contributed by atoms with E-state index in [4.69, 9.17) is 5.10 Å². The molecular weight excluding hydrogens is 660 g/mol. The molecule has 4 aromatic rings. The molecule has 0 radical (unpaired) electrons. The average molecular weight is 705 g/mol. The highest BCUT2D eigenvalue weighted by Gasteiger charge is 2.35. The van der Waals surface area contributed by atoms with Gasteiger partial charge >= 0.3 is 12.1 Å². The van der Waals surface area contributed by atoms with Crippen LogP contribution in [0.1, 0.15) is 75.1 Å². The number of carboxylic acid groups (broad SMARTS) is 1. The molecule has 0 saturated carbocycles. The van der Waals surface area contributed by atoms with Gasteiger partial charge in [0.25, 0.3) is 5.91 Å². The van der Waals surface area contributed by atoms with Gasteiger partial charge in [-0.05, 0) is 93.1 Å². The third-order valence-corrected chi connectivity index (χ3v) is 9.52. The van der Waals surface area contributed by atoms with Gasteiger partial charge in [-0.3, -0.25) is 24.5 Å². The normalized spacial score (nSPS) is 16.3. The van der Waals surface area contributed by atoms with Crippen molar-refractivity contribution in [2.24, 2.45) is 5.10 Å². The van der Waals surface area contributed by atoms with Gasteiger partial charge in [-0.25, -0.2) is 14.6 Å². The molecule has 2 aromatic carbocycles. The molecule has 52 heavy (non-hydrogen) atoms. The van der Waals surface area contributed by atoms with E-state index in [1.807, 2.05) is 60.7 Å². The second-order valence-corrected chi connectivity index (χ2v) is 14.2. The number of hydrazone groups is 1. The monoisotopic (exact) mass is 704 g/mol. The number of nitrogens with zero attached hydrogens (tertiary/aromatic N) is 6. The number of urea groups is 1. The van der Waals surface area contributed by atoms with Crippen LogP contribution in [0.25, 0.3) is 10.9 Å². The SMILES string of the molecule is C[C@@H](C(=O)NCCCCN1N=C(c2ccc(NC(=O)N3Cc4ccncc4C3)cc2)CC(c2cccc3ncccc23)C1=O)N(C(=O)O)C(C)(C)C. The summed E-state index contributed by atoms with van der Waals surface area (Å²) in [7, 11) is 0. The third kappa shape index (κ3) is 7.88. The number of nitrogens with one attached hydrogen (secondary N) is 2. The number of benzene rings is 2. The summed E-state index contributed by atoms with van der Waals surface area (Å²) < 4.78 is 0. The smallest absolute Gasteiger partial charge is 0.408 e. The molecule has 4 heterocycles. The van der Waals surface area contributed by atoms with Crippen molar-refractivity contribution in [3.63, 3.8) is 0 Å². The summed E-state index contributed by atoms with van der Waals surface area (Å²) in [6.45, 7) is 8.50. The Morgan fingerprint density at radius 3 is 2.48 bits per heavy atom. The topological polar surface area (TPSA) is 160 Å². The highest BCUT2D eigenvalue weighted by molar-refractivity contribution is 6.07. The molecule has 2 aliphatic heterocycles. The van der Waals surface area contributed by atoms with Gasteiger partial charge in [0.2, 0.25) is 5.91 Å². The van der Waals surface area contributed by atoms with Crippen molar-refractivity contribution in [3.05, 3.63) is 102 Å². The number of carbonyl (C=O) groups excluding carboxylic acids is 3. The number of fused-ring (bicyclic) bond motifs is 2. The van der Waals surface area contributed by atoms with Crippen LogP contribution in [0.5, 0.6) is 0 Å². The first kappa shape index (κ1) is 36.0. The van der Waals surface area contributed by atoms with E-state index in [1.165, 1.54) is 5.01 Å². The number of aromatic nitrogens is 2. The Morgan fingerprint density at radius 1 is 0.981 bits per heavy atom. The number of amides is 5. The van der Waals surface area contributed by atoms with Crippen LogP contribution >= 0.6 is 0 Å². The number of anilines is 1. The number of carbonyl (C=O) groups is 4. The average Bonchev–Trinajstić information content (AvgIpc) is 3.56. The molecule has 13 nitrogen and oxygen atoms in total. The van der Waals surface area contributed by atoms with Crippen molar-refractivity contribution in [1.82, 2.24) is 30.1 Å². The highest BCUT2D eigenvalue weighted by atomic mass is 16.4. The van der Waals surface area contributed by atoms with E-state index in [2.05, 4.69) is 20.6 Å². The molecule has 13 heteroatoms. The van der Waals surface area contributed by atoms with E-state index in [0.717, 1.165) is 43.8 Å². The summed E-state index contributed by atoms with van der Waals surface area (Å²) in [5.74, 6) is -0.990. The molecule has 5 amide bonds. The fraction of sp³-hybridized carbons (Fsp3) is 0.359. The zero-order valence-electron chi connectivity index (χ0n) is 29.9. The Bertz CT molecular complexity index is 1980. The fourth-order valence-corrected chi connectivity index (χ4v) is 6.91. The first-order chi connectivity index (χ1) is 24.9. The largest absolute Gasteiger partial charge is 0.465 e. The van der Waals surface area contributed by atoms with Gasteiger partial charge in [-0.2, -0.15) is 5.10 Å². The van der Waals surface area contributed by atoms with Crippen molar-refractivity contribution in [1.29, 1.82) is 0 Å². The van der Waals surface area contributed by atoms with Crippen LogP contribution in [0.15, 0.2) is 84.4 Å². The number of hydrogen-bond acceptors (Lipinski definition) is 7. The Labute approximate surface area is 302 Å². The van der Waals surface area contributed by atoms with Crippen molar-refractivity contribution < 1.29 is 24.3 Å². The lowest BCUT2D eigenvalue weighted by atomic mass is 9.86. The van der Waals surface area contributed by atoms with Gasteiger partial charge in [0.15, 0.2) is 0 Å². The molecule has 2 aliphatic rings. The first-order valence-corrected chi connectivity index (χ1v) is 17.5. The zero-order valence-corrected chi connectivity index (χ0v) is 29.9. The summed E-state index contributed by atoms with van der Waals surface area (Å²) in [5.41, 5.74) is 5.30. The van der Waals surface area contributed by atoms with Crippen LogP contribution in [0, 0.1) is 0 Å².